The van der Waals surface area contributed by atoms with E-state index in [4.69, 9.17) is 18.9 Å². The Morgan fingerprint density at radius 3 is 1.05 bits per heavy atom. The highest BCUT2D eigenvalue weighted by Gasteiger charge is 2.13. The highest BCUT2D eigenvalue weighted by Crippen LogP contribution is 2.26. The quantitative estimate of drug-likeness (QED) is 0.265. The van der Waals surface area contributed by atoms with Crippen LogP contribution in [0.3, 0.4) is 0 Å². The number of hydrogen-bond acceptors (Lipinski definition) is 8. The van der Waals surface area contributed by atoms with Gasteiger partial charge in [-0.15, -0.1) is 0 Å². The molecule has 0 aliphatic carbocycles. The van der Waals surface area contributed by atoms with Crippen LogP contribution in [0.25, 0.3) is 22.3 Å². The maximum atomic E-state index is 12.2. The fourth-order valence-corrected chi connectivity index (χ4v) is 3.64. The molecule has 0 bridgehead atoms. The summed E-state index contributed by atoms with van der Waals surface area (Å²) >= 11 is 0. The third kappa shape index (κ3) is 8.30. The second-order valence-electron chi connectivity index (χ2n) is 8.77. The Labute approximate surface area is 221 Å². The zero-order valence-corrected chi connectivity index (χ0v) is 21.8. The maximum absolute atomic E-state index is 12.2. The van der Waals surface area contributed by atoms with E-state index in [0.29, 0.717) is 11.1 Å². The number of hydrogen-bond donors (Lipinski definition) is 0. The Morgan fingerprint density at radius 1 is 0.526 bits per heavy atom. The monoisotopic (exact) mass is 518 g/mol. The van der Waals surface area contributed by atoms with Crippen molar-refractivity contribution >= 4 is 23.9 Å². The molecule has 0 saturated carbocycles. The summed E-state index contributed by atoms with van der Waals surface area (Å²) in [4.78, 5) is 46.4. The molecule has 0 aromatic heterocycles. The second-order valence-corrected chi connectivity index (χ2v) is 8.77. The summed E-state index contributed by atoms with van der Waals surface area (Å²) in [6.45, 7) is 5.88. The third-order valence-electron chi connectivity index (χ3n) is 5.43. The molecule has 8 nitrogen and oxygen atoms in total. The molecule has 0 fully saturated rings. The topological polar surface area (TPSA) is 105 Å². The number of carbonyl (C=O) groups excluding carboxylic acids is 4. The highest BCUT2D eigenvalue weighted by molar-refractivity contribution is 5.91. The van der Waals surface area contributed by atoms with Gasteiger partial charge in [0.1, 0.15) is 25.4 Å². The molecule has 0 amide bonds. The van der Waals surface area contributed by atoms with E-state index in [1.54, 1.807) is 38.1 Å². The van der Waals surface area contributed by atoms with Crippen molar-refractivity contribution in [1.29, 1.82) is 0 Å². The van der Waals surface area contributed by atoms with Gasteiger partial charge in [-0.2, -0.15) is 0 Å². The Kier molecular flexibility index (Phi) is 9.76. The van der Waals surface area contributed by atoms with Crippen molar-refractivity contribution in [3.05, 3.63) is 83.9 Å². The van der Waals surface area contributed by atoms with Crippen molar-refractivity contribution in [2.24, 2.45) is 0 Å². The van der Waals surface area contributed by atoms with Crippen LogP contribution in [0.5, 0.6) is 0 Å². The van der Waals surface area contributed by atoms with Gasteiger partial charge in [0.25, 0.3) is 0 Å². The van der Waals surface area contributed by atoms with Gasteiger partial charge in [0.05, 0.1) is 11.1 Å². The molecule has 0 spiro atoms. The minimum Gasteiger partial charge on any atom is -0.459 e. The minimum absolute atomic E-state index is 0.0148. The largest absolute Gasteiger partial charge is 0.459 e. The predicted octanol–water partition coefficient (Wildman–Crippen LogP) is 5.24. The van der Waals surface area contributed by atoms with Crippen LogP contribution < -0.4 is 0 Å². The lowest BCUT2D eigenvalue weighted by atomic mass is 9.99. The molecule has 0 heterocycles. The van der Waals surface area contributed by atoms with Crippen LogP contribution in [0.4, 0.5) is 0 Å². The van der Waals surface area contributed by atoms with Gasteiger partial charge in [-0.25, -0.2) is 9.59 Å². The van der Waals surface area contributed by atoms with Crippen LogP contribution in [0.1, 0.15) is 48.4 Å². The smallest absolute Gasteiger partial charge is 0.338 e. The van der Waals surface area contributed by atoms with E-state index in [1.165, 1.54) is 13.8 Å². The minimum atomic E-state index is -0.512. The van der Waals surface area contributed by atoms with E-state index in [9.17, 15) is 19.2 Å². The lowest BCUT2D eigenvalue weighted by Crippen LogP contribution is -2.21. The lowest BCUT2D eigenvalue weighted by Gasteiger charge is -2.12. The Balaban J connectivity index is 1.57. The van der Waals surface area contributed by atoms with Crippen molar-refractivity contribution in [3.63, 3.8) is 0 Å². The van der Waals surface area contributed by atoms with Gasteiger partial charge < -0.3 is 18.9 Å². The van der Waals surface area contributed by atoms with Gasteiger partial charge in [-0.1, -0.05) is 48.5 Å². The van der Waals surface area contributed by atoms with Crippen LogP contribution in [0.2, 0.25) is 0 Å². The van der Waals surface area contributed by atoms with Crippen molar-refractivity contribution in [3.8, 4) is 22.3 Å². The zero-order valence-electron chi connectivity index (χ0n) is 21.8. The van der Waals surface area contributed by atoms with Crippen molar-refractivity contribution < 1.29 is 38.1 Å². The number of carbonyl (C=O) groups is 4. The maximum Gasteiger partial charge on any atom is 0.338 e. The number of benzene rings is 3. The molecule has 0 radical (unpaired) electrons. The first kappa shape index (κ1) is 28.1. The number of esters is 4. The van der Waals surface area contributed by atoms with Gasteiger partial charge in [-0.3, -0.25) is 9.59 Å². The molecule has 0 saturated heterocycles. The zero-order chi connectivity index (χ0) is 27.7. The molecule has 3 aromatic carbocycles. The first-order valence-corrected chi connectivity index (χ1v) is 12.1. The second kappa shape index (κ2) is 13.2. The third-order valence-corrected chi connectivity index (χ3v) is 5.43. The SMILES string of the molecule is CC(=O)OC(C)COC(=O)c1ccc(-c2ccc(-c3ccc(C(=O)OC[C@H](C)OC(C)=O)cc3)cc2)cc1. The fraction of sp³-hybridized carbons (Fsp3) is 0.267. The average molecular weight is 519 g/mol. The van der Waals surface area contributed by atoms with Crippen LogP contribution in [-0.2, 0) is 28.5 Å². The Morgan fingerprint density at radius 2 is 0.789 bits per heavy atom. The van der Waals surface area contributed by atoms with Crippen molar-refractivity contribution in [2.45, 2.75) is 39.9 Å². The fourth-order valence-electron chi connectivity index (χ4n) is 3.64. The van der Waals surface area contributed by atoms with Crippen molar-refractivity contribution in [2.75, 3.05) is 13.2 Å². The molecule has 38 heavy (non-hydrogen) atoms. The van der Waals surface area contributed by atoms with Gasteiger partial charge in [0, 0.05) is 13.8 Å². The molecule has 3 rings (SSSR count). The normalized spacial score (nSPS) is 12.1. The van der Waals surface area contributed by atoms with E-state index in [1.807, 2.05) is 48.5 Å². The number of rotatable bonds is 10. The summed E-state index contributed by atoms with van der Waals surface area (Å²) in [5.41, 5.74) is 4.61. The Bertz CT molecular complexity index is 1160. The summed E-state index contributed by atoms with van der Waals surface area (Å²) in [6.07, 6.45) is -1.02. The van der Waals surface area contributed by atoms with E-state index in [-0.39, 0.29) is 13.2 Å². The molecular weight excluding hydrogens is 488 g/mol. The molecule has 198 valence electrons. The van der Waals surface area contributed by atoms with Gasteiger partial charge >= 0.3 is 23.9 Å². The molecule has 0 aliphatic heterocycles. The van der Waals surface area contributed by atoms with Crippen LogP contribution >= 0.6 is 0 Å². The molecule has 8 heteroatoms. The molecule has 0 aliphatic rings. The summed E-state index contributed by atoms with van der Waals surface area (Å²) in [5, 5.41) is 0. The van der Waals surface area contributed by atoms with Crippen LogP contribution in [0, 0.1) is 0 Å². The van der Waals surface area contributed by atoms with E-state index in [2.05, 4.69) is 0 Å². The lowest BCUT2D eigenvalue weighted by molar-refractivity contribution is -0.148. The standard InChI is InChI=1S/C30H30O8/c1-19(37-21(3)31)17-35-29(33)27-13-9-25(10-14-27)23-5-7-24(8-6-23)26-11-15-28(16-12-26)30(34)36-18-20(2)38-22(4)32/h5-16,19-20H,17-18H2,1-4H3/t19-,20?/m0/s1. The molecule has 3 aromatic rings. The van der Waals surface area contributed by atoms with Gasteiger partial charge in [0.2, 0.25) is 0 Å². The molecule has 1 unspecified atom stereocenters. The van der Waals surface area contributed by atoms with E-state index >= 15 is 0 Å². The summed E-state index contributed by atoms with van der Waals surface area (Å²) in [5.74, 6) is -1.83. The first-order valence-electron chi connectivity index (χ1n) is 12.1. The van der Waals surface area contributed by atoms with Gasteiger partial charge in [0.15, 0.2) is 0 Å². The molecule has 2 atom stereocenters. The molecule has 0 N–H and O–H groups in total. The van der Waals surface area contributed by atoms with Crippen LogP contribution in [0.15, 0.2) is 72.8 Å². The van der Waals surface area contributed by atoms with Crippen LogP contribution in [-0.4, -0.2) is 49.3 Å². The summed E-state index contributed by atoms with van der Waals surface area (Å²) in [7, 11) is 0. The first-order chi connectivity index (χ1) is 18.1. The highest BCUT2D eigenvalue weighted by atomic mass is 16.6. The number of ether oxygens (including phenoxy) is 4. The summed E-state index contributed by atoms with van der Waals surface area (Å²) < 4.78 is 20.3. The predicted molar refractivity (Wildman–Crippen MR) is 140 cm³/mol. The molecular formula is C30H30O8. The van der Waals surface area contributed by atoms with Gasteiger partial charge in [-0.05, 0) is 60.4 Å². The average Bonchev–Trinajstić information content (AvgIpc) is 2.90. The van der Waals surface area contributed by atoms with Crippen molar-refractivity contribution in [1.82, 2.24) is 0 Å². The Hall–Kier alpha value is -4.46. The van der Waals surface area contributed by atoms with E-state index < -0.39 is 36.1 Å². The van der Waals surface area contributed by atoms with E-state index in [0.717, 1.165) is 22.3 Å². The summed E-state index contributed by atoms with van der Waals surface area (Å²) in [6, 6.07) is 22.0.